The number of esters is 2. The van der Waals surface area contributed by atoms with E-state index in [0.29, 0.717) is 17.6 Å². The summed E-state index contributed by atoms with van der Waals surface area (Å²) in [6.45, 7) is 8.14. The lowest BCUT2D eigenvalue weighted by molar-refractivity contribution is -0.144. The lowest BCUT2D eigenvalue weighted by Gasteiger charge is -2.17. The van der Waals surface area contributed by atoms with E-state index in [2.05, 4.69) is 43.6 Å². The van der Waals surface area contributed by atoms with Gasteiger partial charge in [-0.05, 0) is 102 Å². The van der Waals surface area contributed by atoms with Crippen molar-refractivity contribution in [2.24, 2.45) is 11.8 Å². The molecule has 3 aliphatic carbocycles. The van der Waals surface area contributed by atoms with Crippen molar-refractivity contribution in [3.05, 3.63) is 34.4 Å². The van der Waals surface area contributed by atoms with E-state index in [-0.39, 0.29) is 24.5 Å². The largest absolute Gasteiger partial charge is 0.469 e. The molecule has 0 aliphatic heterocycles. The van der Waals surface area contributed by atoms with Crippen LogP contribution in [-0.4, -0.2) is 56.1 Å². The minimum Gasteiger partial charge on any atom is -0.469 e. The molecule has 0 spiro atoms. The topological polar surface area (TPSA) is 96.9 Å². The Kier molecular flexibility index (Phi) is 21.8. The number of methoxy groups -OCH3 is 2. The van der Waals surface area contributed by atoms with Crippen LogP contribution in [0.3, 0.4) is 0 Å². The zero-order chi connectivity index (χ0) is 31.9. The molecule has 0 bridgehead atoms. The Bertz CT molecular complexity index is 927. The van der Waals surface area contributed by atoms with E-state index in [0.717, 1.165) is 57.1 Å². The van der Waals surface area contributed by atoms with E-state index in [9.17, 15) is 9.59 Å². The molecule has 0 heterocycles. The number of ether oxygens (including phenoxy) is 2. The van der Waals surface area contributed by atoms with E-state index < -0.39 is 0 Å². The van der Waals surface area contributed by atoms with Gasteiger partial charge in [0.2, 0.25) is 0 Å². The SMILES string of the molecule is CCCCC1=C(C(=O)OC)CCC1.CCCCC1=CCCC1C(=O)OC.CCCCC1=CCCC1CNC(=S)NCCO. The fraction of sp³-hybridized carbons (Fsp3) is 0.743. The Morgan fingerprint density at radius 2 is 1.51 bits per heavy atom. The summed E-state index contributed by atoms with van der Waals surface area (Å²) in [5.41, 5.74) is 5.20. The van der Waals surface area contributed by atoms with E-state index in [1.165, 1.54) is 83.2 Å². The maximum Gasteiger partial charge on any atom is 0.333 e. The van der Waals surface area contributed by atoms with Crippen LogP contribution in [0.2, 0.25) is 0 Å². The first-order chi connectivity index (χ1) is 20.9. The minimum absolute atomic E-state index is 0.0557. The zero-order valence-electron chi connectivity index (χ0n) is 27.7. The van der Waals surface area contributed by atoms with E-state index >= 15 is 0 Å². The van der Waals surface area contributed by atoms with Gasteiger partial charge in [0.15, 0.2) is 5.11 Å². The van der Waals surface area contributed by atoms with Gasteiger partial charge in [-0.3, -0.25) is 4.79 Å². The van der Waals surface area contributed by atoms with Crippen molar-refractivity contribution in [1.29, 1.82) is 0 Å². The van der Waals surface area contributed by atoms with Gasteiger partial charge in [-0.15, -0.1) is 0 Å². The van der Waals surface area contributed by atoms with Crippen molar-refractivity contribution < 1.29 is 24.2 Å². The number of aliphatic hydroxyl groups excluding tert-OH is 1. The van der Waals surface area contributed by atoms with E-state index in [1.54, 1.807) is 5.57 Å². The van der Waals surface area contributed by atoms with Gasteiger partial charge in [-0.25, -0.2) is 4.79 Å². The van der Waals surface area contributed by atoms with E-state index in [4.69, 9.17) is 26.8 Å². The number of carbonyl (C=O) groups excluding carboxylic acids is 2. The number of allylic oxidation sites excluding steroid dienone is 3. The Morgan fingerprint density at radius 1 is 0.884 bits per heavy atom. The van der Waals surface area contributed by atoms with Crippen LogP contribution < -0.4 is 10.6 Å². The quantitative estimate of drug-likeness (QED) is 0.0985. The van der Waals surface area contributed by atoms with Crippen LogP contribution in [-0.2, 0) is 19.1 Å². The number of aliphatic hydroxyl groups is 1. The minimum atomic E-state index is -0.108. The molecule has 8 heteroatoms. The van der Waals surface area contributed by atoms with Crippen molar-refractivity contribution in [3.63, 3.8) is 0 Å². The molecular formula is C35H60N2O5S. The van der Waals surface area contributed by atoms with Crippen LogP contribution >= 0.6 is 12.2 Å². The second kappa shape index (κ2) is 24.2. The molecule has 0 aromatic heterocycles. The predicted molar refractivity (Wildman–Crippen MR) is 181 cm³/mol. The van der Waals surface area contributed by atoms with Crippen LogP contribution in [0.15, 0.2) is 34.4 Å². The summed E-state index contributed by atoms with van der Waals surface area (Å²) in [6.07, 6.45) is 22.9. The van der Waals surface area contributed by atoms with Gasteiger partial charge in [0, 0.05) is 18.7 Å². The maximum atomic E-state index is 11.3. The summed E-state index contributed by atoms with van der Waals surface area (Å²) in [4.78, 5) is 22.6. The number of carbonyl (C=O) groups is 2. The third-order valence-electron chi connectivity index (χ3n) is 8.38. The van der Waals surface area contributed by atoms with Gasteiger partial charge in [-0.2, -0.15) is 0 Å². The Hall–Kier alpha value is -2.19. The molecule has 0 amide bonds. The van der Waals surface area contributed by atoms with Gasteiger partial charge < -0.3 is 25.2 Å². The van der Waals surface area contributed by atoms with Gasteiger partial charge in [0.25, 0.3) is 0 Å². The summed E-state index contributed by atoms with van der Waals surface area (Å²) in [5, 5.41) is 15.5. The Balaban J connectivity index is 0.000000327. The molecule has 2 atom stereocenters. The summed E-state index contributed by atoms with van der Waals surface area (Å²) in [7, 11) is 2.93. The molecular weight excluding hydrogens is 560 g/mol. The maximum absolute atomic E-state index is 11.3. The fourth-order valence-corrected chi connectivity index (χ4v) is 6.05. The highest BCUT2D eigenvalue weighted by molar-refractivity contribution is 7.80. The molecule has 3 aliphatic rings. The highest BCUT2D eigenvalue weighted by atomic mass is 32.1. The van der Waals surface area contributed by atoms with Crippen molar-refractivity contribution in [2.45, 2.75) is 124 Å². The number of hydrogen-bond donors (Lipinski definition) is 3. The molecule has 2 unspecified atom stereocenters. The summed E-state index contributed by atoms with van der Waals surface area (Å²) >= 11 is 5.13. The first-order valence-electron chi connectivity index (χ1n) is 16.7. The molecule has 3 rings (SSSR count). The van der Waals surface area contributed by atoms with Gasteiger partial charge in [0.05, 0.1) is 26.7 Å². The number of nitrogens with one attached hydrogen (secondary N) is 2. The number of rotatable bonds is 15. The van der Waals surface area contributed by atoms with Gasteiger partial charge in [-0.1, -0.05) is 68.9 Å². The smallest absolute Gasteiger partial charge is 0.333 e. The molecule has 0 radical (unpaired) electrons. The zero-order valence-corrected chi connectivity index (χ0v) is 28.5. The predicted octanol–water partition coefficient (Wildman–Crippen LogP) is 7.49. The molecule has 0 saturated heterocycles. The molecule has 0 aromatic carbocycles. The van der Waals surface area contributed by atoms with Crippen molar-refractivity contribution in [3.8, 4) is 0 Å². The third kappa shape index (κ3) is 15.4. The van der Waals surface area contributed by atoms with Crippen molar-refractivity contribution in [2.75, 3.05) is 33.9 Å². The average molecular weight is 621 g/mol. The first-order valence-corrected chi connectivity index (χ1v) is 17.1. The van der Waals surface area contributed by atoms with E-state index in [1.807, 2.05) is 0 Å². The monoisotopic (exact) mass is 620 g/mol. The van der Waals surface area contributed by atoms with Crippen LogP contribution in [0.1, 0.15) is 124 Å². The second-order valence-electron chi connectivity index (χ2n) is 11.6. The summed E-state index contributed by atoms with van der Waals surface area (Å²) < 4.78 is 9.51. The lowest BCUT2D eigenvalue weighted by atomic mass is 9.97. The molecule has 0 saturated carbocycles. The van der Waals surface area contributed by atoms with Gasteiger partial charge >= 0.3 is 11.9 Å². The lowest BCUT2D eigenvalue weighted by Crippen LogP contribution is -2.39. The van der Waals surface area contributed by atoms with Gasteiger partial charge in [0.1, 0.15) is 0 Å². The van der Waals surface area contributed by atoms with Crippen LogP contribution in [0, 0.1) is 11.8 Å². The number of hydrogen-bond acceptors (Lipinski definition) is 6. The van der Waals surface area contributed by atoms with Crippen LogP contribution in [0.4, 0.5) is 0 Å². The Morgan fingerprint density at radius 3 is 2.14 bits per heavy atom. The number of thiocarbonyl (C=S) groups is 1. The Labute approximate surface area is 267 Å². The second-order valence-corrected chi connectivity index (χ2v) is 12.0. The van der Waals surface area contributed by atoms with Crippen molar-refractivity contribution in [1.82, 2.24) is 10.6 Å². The first kappa shape index (κ1) is 38.8. The van der Waals surface area contributed by atoms with Crippen LogP contribution in [0.25, 0.3) is 0 Å². The third-order valence-corrected chi connectivity index (χ3v) is 8.67. The molecule has 246 valence electrons. The molecule has 43 heavy (non-hydrogen) atoms. The van der Waals surface area contributed by atoms with Crippen LogP contribution in [0.5, 0.6) is 0 Å². The highest BCUT2D eigenvalue weighted by Gasteiger charge is 2.26. The number of unbranched alkanes of at least 4 members (excludes halogenated alkanes) is 3. The standard InChI is InChI=1S/C13H24N2OS.2C11H18O2/c1-2-3-5-11-6-4-7-12(11)10-15-13(17)14-8-9-16;2*1-3-4-6-9-7-5-8-10(9)11(12)13-2/h6,12,16H,2-5,7-10H2,1H3,(H2,14,15,17);3-8H2,1-2H3;7,10H,3-6,8H2,1-2H3. The van der Waals surface area contributed by atoms with Crippen molar-refractivity contribution >= 4 is 29.3 Å². The molecule has 0 fully saturated rings. The highest BCUT2D eigenvalue weighted by Crippen LogP contribution is 2.31. The summed E-state index contributed by atoms with van der Waals surface area (Å²) in [5.74, 6) is 0.551. The fourth-order valence-electron chi connectivity index (χ4n) is 5.86. The summed E-state index contributed by atoms with van der Waals surface area (Å²) in [6, 6.07) is 0. The molecule has 7 nitrogen and oxygen atoms in total. The average Bonchev–Trinajstić information content (AvgIpc) is 3.80. The molecule has 0 aromatic rings. The normalized spacial score (nSPS) is 18.9. The molecule has 3 N–H and O–H groups in total.